The summed E-state index contributed by atoms with van der Waals surface area (Å²) < 4.78 is 11.6. The summed E-state index contributed by atoms with van der Waals surface area (Å²) in [5, 5.41) is 4.18. The molecule has 0 spiro atoms. The van der Waals surface area contributed by atoms with Crippen LogP contribution in [0, 0.1) is 6.92 Å². The quantitative estimate of drug-likeness (QED) is 0.778. The third-order valence-electron chi connectivity index (χ3n) is 4.94. The molecule has 136 valence electrons. The molecule has 5 heteroatoms. The Morgan fingerprint density at radius 1 is 1.08 bits per heavy atom. The summed E-state index contributed by atoms with van der Waals surface area (Å²) in [4.78, 5) is 2.29. The van der Waals surface area contributed by atoms with Crippen LogP contribution < -0.4 is 14.8 Å². The predicted molar refractivity (Wildman–Crippen MR) is 108 cm³/mol. The lowest BCUT2D eigenvalue weighted by Gasteiger charge is -2.28. The number of benzene rings is 2. The Labute approximate surface area is 160 Å². The van der Waals surface area contributed by atoms with Crippen molar-refractivity contribution in [1.29, 1.82) is 0 Å². The van der Waals surface area contributed by atoms with Gasteiger partial charge in [-0.1, -0.05) is 18.2 Å². The van der Waals surface area contributed by atoms with E-state index in [2.05, 4.69) is 47.5 Å². The molecule has 4 nitrogen and oxygen atoms in total. The minimum Gasteiger partial charge on any atom is -0.490 e. The fourth-order valence-electron chi connectivity index (χ4n) is 3.66. The molecule has 1 fully saturated rings. The highest BCUT2D eigenvalue weighted by Gasteiger charge is 2.29. The Morgan fingerprint density at radius 2 is 1.92 bits per heavy atom. The van der Waals surface area contributed by atoms with Gasteiger partial charge in [-0.15, -0.1) is 0 Å². The largest absolute Gasteiger partial charge is 0.490 e. The van der Waals surface area contributed by atoms with E-state index in [1.165, 1.54) is 11.1 Å². The van der Waals surface area contributed by atoms with Crippen LogP contribution in [0.3, 0.4) is 0 Å². The van der Waals surface area contributed by atoms with Gasteiger partial charge in [0.05, 0.1) is 19.3 Å². The highest BCUT2D eigenvalue weighted by atomic mass is 32.1. The van der Waals surface area contributed by atoms with Gasteiger partial charge in [0.1, 0.15) is 0 Å². The standard InChI is InChI=1S/C21H24N2O2S/c1-15-5-2-6-17(13-15)22-21(26)23-10-3-7-18(23)16-8-9-19-20(14-16)25-12-4-11-24-19/h2,5-6,8-9,13-14,18H,3-4,7,10-12H2,1H3,(H,22,26)/t18-/m1/s1. The Morgan fingerprint density at radius 3 is 2.77 bits per heavy atom. The molecule has 0 bridgehead atoms. The molecule has 0 unspecified atom stereocenters. The first-order valence-electron chi connectivity index (χ1n) is 9.24. The predicted octanol–water partition coefficient (Wildman–Crippen LogP) is 4.69. The van der Waals surface area contributed by atoms with Crippen LogP contribution in [0.25, 0.3) is 0 Å². The first-order chi connectivity index (χ1) is 12.7. The molecule has 0 aromatic heterocycles. The van der Waals surface area contributed by atoms with E-state index in [4.69, 9.17) is 21.7 Å². The summed E-state index contributed by atoms with van der Waals surface area (Å²) in [5.74, 6) is 1.70. The van der Waals surface area contributed by atoms with Crippen LogP contribution in [0.4, 0.5) is 5.69 Å². The number of thiocarbonyl (C=S) groups is 1. The fraction of sp³-hybridized carbons (Fsp3) is 0.381. The number of fused-ring (bicyclic) bond motifs is 1. The van der Waals surface area contributed by atoms with Crippen LogP contribution >= 0.6 is 12.2 Å². The number of nitrogens with one attached hydrogen (secondary N) is 1. The second-order valence-corrected chi connectivity index (χ2v) is 7.29. The van der Waals surface area contributed by atoms with Gasteiger partial charge in [-0.2, -0.15) is 0 Å². The zero-order chi connectivity index (χ0) is 17.9. The molecular formula is C21H24N2O2S. The summed E-state index contributed by atoms with van der Waals surface area (Å²) in [6, 6.07) is 14.9. The van der Waals surface area contributed by atoms with Crippen LogP contribution in [-0.4, -0.2) is 29.8 Å². The number of anilines is 1. The van der Waals surface area contributed by atoms with Crippen LogP contribution in [0.1, 0.15) is 36.4 Å². The number of rotatable bonds is 2. The van der Waals surface area contributed by atoms with E-state index >= 15 is 0 Å². The maximum Gasteiger partial charge on any atom is 0.173 e. The lowest BCUT2D eigenvalue weighted by molar-refractivity contribution is 0.296. The zero-order valence-corrected chi connectivity index (χ0v) is 15.8. The molecule has 26 heavy (non-hydrogen) atoms. The molecule has 2 aliphatic heterocycles. The Balaban J connectivity index is 1.53. The monoisotopic (exact) mass is 368 g/mol. The van der Waals surface area contributed by atoms with Crippen molar-refractivity contribution in [3.05, 3.63) is 53.6 Å². The van der Waals surface area contributed by atoms with Gasteiger partial charge in [0.15, 0.2) is 16.6 Å². The fourth-order valence-corrected chi connectivity index (χ4v) is 4.00. The zero-order valence-electron chi connectivity index (χ0n) is 15.0. The van der Waals surface area contributed by atoms with Gasteiger partial charge in [-0.3, -0.25) is 0 Å². The molecule has 0 saturated carbocycles. The molecule has 2 heterocycles. The molecule has 4 rings (SSSR count). The molecule has 1 saturated heterocycles. The van der Waals surface area contributed by atoms with E-state index < -0.39 is 0 Å². The Hall–Kier alpha value is -2.27. The van der Waals surface area contributed by atoms with E-state index in [-0.39, 0.29) is 6.04 Å². The van der Waals surface area contributed by atoms with E-state index in [0.29, 0.717) is 13.2 Å². The van der Waals surface area contributed by atoms with Crippen LogP contribution in [0.15, 0.2) is 42.5 Å². The van der Waals surface area contributed by atoms with Crippen LogP contribution in [0.5, 0.6) is 11.5 Å². The van der Waals surface area contributed by atoms with Gasteiger partial charge >= 0.3 is 0 Å². The molecule has 0 amide bonds. The SMILES string of the molecule is Cc1cccc(NC(=S)N2CCC[C@@H]2c2ccc3c(c2)OCCCO3)c1. The first-order valence-corrected chi connectivity index (χ1v) is 9.65. The van der Waals surface area contributed by atoms with Crippen molar-refractivity contribution in [1.82, 2.24) is 4.90 Å². The number of nitrogens with zero attached hydrogens (tertiary/aromatic N) is 1. The lowest BCUT2D eigenvalue weighted by atomic mass is 10.0. The van der Waals surface area contributed by atoms with E-state index in [1.807, 2.05) is 12.1 Å². The van der Waals surface area contributed by atoms with Crippen molar-refractivity contribution in [2.45, 2.75) is 32.2 Å². The molecular weight excluding hydrogens is 344 g/mol. The number of likely N-dealkylation sites (tertiary alicyclic amines) is 1. The topological polar surface area (TPSA) is 33.7 Å². The van der Waals surface area contributed by atoms with Crippen LogP contribution in [-0.2, 0) is 0 Å². The Kier molecular flexibility index (Phi) is 4.98. The molecule has 0 aliphatic carbocycles. The molecule has 1 N–H and O–H groups in total. The smallest absolute Gasteiger partial charge is 0.173 e. The Bertz CT molecular complexity index is 808. The first kappa shape index (κ1) is 17.2. The van der Waals surface area contributed by atoms with Crippen molar-refractivity contribution in [2.24, 2.45) is 0 Å². The average Bonchev–Trinajstić information content (AvgIpc) is 3.01. The lowest BCUT2D eigenvalue weighted by Crippen LogP contribution is -2.34. The number of hydrogen-bond acceptors (Lipinski definition) is 3. The number of ether oxygens (including phenoxy) is 2. The maximum atomic E-state index is 5.86. The van der Waals surface area contributed by atoms with Crippen LogP contribution in [0.2, 0.25) is 0 Å². The summed E-state index contributed by atoms with van der Waals surface area (Å²) in [7, 11) is 0. The molecule has 2 aliphatic rings. The van der Waals surface area contributed by atoms with Crippen molar-refractivity contribution in [3.8, 4) is 11.5 Å². The molecule has 1 atom stereocenters. The van der Waals surface area contributed by atoms with Gasteiger partial charge < -0.3 is 19.7 Å². The minimum absolute atomic E-state index is 0.275. The van der Waals surface area contributed by atoms with Gasteiger partial charge in [0.2, 0.25) is 0 Å². The van der Waals surface area contributed by atoms with Crippen molar-refractivity contribution in [3.63, 3.8) is 0 Å². The second-order valence-electron chi connectivity index (χ2n) is 6.91. The van der Waals surface area contributed by atoms with E-state index in [1.54, 1.807) is 0 Å². The third kappa shape index (κ3) is 3.63. The normalized spacial score (nSPS) is 19.1. The van der Waals surface area contributed by atoms with Crippen molar-refractivity contribution in [2.75, 3.05) is 25.1 Å². The van der Waals surface area contributed by atoms with E-state index in [0.717, 1.165) is 48.1 Å². The maximum absolute atomic E-state index is 5.86. The third-order valence-corrected chi connectivity index (χ3v) is 5.28. The molecule has 2 aromatic carbocycles. The van der Waals surface area contributed by atoms with Gasteiger partial charge in [-0.05, 0) is 67.4 Å². The van der Waals surface area contributed by atoms with Crippen molar-refractivity contribution >= 4 is 23.0 Å². The van der Waals surface area contributed by atoms with E-state index in [9.17, 15) is 0 Å². The van der Waals surface area contributed by atoms with Gasteiger partial charge in [0.25, 0.3) is 0 Å². The second kappa shape index (κ2) is 7.54. The molecule has 2 aromatic rings. The average molecular weight is 369 g/mol. The van der Waals surface area contributed by atoms with Crippen molar-refractivity contribution < 1.29 is 9.47 Å². The highest BCUT2D eigenvalue weighted by Crippen LogP contribution is 2.38. The van der Waals surface area contributed by atoms with Gasteiger partial charge in [0, 0.05) is 18.7 Å². The van der Waals surface area contributed by atoms with Gasteiger partial charge in [-0.25, -0.2) is 0 Å². The summed E-state index contributed by atoms with van der Waals surface area (Å²) >= 11 is 5.72. The summed E-state index contributed by atoms with van der Waals surface area (Å²) in [6.07, 6.45) is 3.15. The number of hydrogen-bond donors (Lipinski definition) is 1. The summed E-state index contributed by atoms with van der Waals surface area (Å²) in [6.45, 7) is 4.48. The summed E-state index contributed by atoms with van der Waals surface area (Å²) in [5.41, 5.74) is 3.50. The highest BCUT2D eigenvalue weighted by molar-refractivity contribution is 7.80. The number of aryl methyl sites for hydroxylation is 1. The minimum atomic E-state index is 0.275. The molecule has 0 radical (unpaired) electrons.